The quantitative estimate of drug-likeness (QED) is 0.115. The van der Waals surface area contributed by atoms with Crippen LogP contribution in [0.2, 0.25) is 0 Å². The maximum Gasteiger partial charge on any atom is 0.143 e. The summed E-state index contributed by atoms with van der Waals surface area (Å²) in [6.45, 7) is 13.8. The zero-order valence-corrected chi connectivity index (χ0v) is 59.1. The lowest BCUT2D eigenvalue weighted by Crippen LogP contribution is -2.20. The van der Waals surface area contributed by atoms with E-state index in [2.05, 4.69) is 369 Å². The number of rotatable bonds is 13. The molecule has 3 aromatic heterocycles. The molecule has 0 aliphatic carbocycles. The lowest BCUT2D eigenvalue weighted by Gasteiger charge is -2.31. The Kier molecular flexibility index (Phi) is 15.0. The van der Waals surface area contributed by atoms with E-state index < -0.39 is 5.41 Å². The van der Waals surface area contributed by atoms with Gasteiger partial charge in [-0.15, -0.1) is 0 Å². The molecule has 0 unspecified atom stereocenters. The molecule has 0 radical (unpaired) electrons. The van der Waals surface area contributed by atoms with Crippen LogP contribution in [-0.4, -0.2) is 0 Å². The fourth-order valence-electron chi connectivity index (χ4n) is 16.5. The first-order valence-corrected chi connectivity index (χ1v) is 36.5. The highest BCUT2D eigenvalue weighted by Gasteiger charge is 2.31. The third kappa shape index (κ3) is 10.6. The highest BCUT2D eigenvalue weighted by molar-refractivity contribution is 6.15. The molecule has 0 saturated heterocycles. The van der Waals surface area contributed by atoms with Crippen molar-refractivity contribution < 1.29 is 13.3 Å². The van der Waals surface area contributed by atoms with Crippen LogP contribution in [0.15, 0.2) is 341 Å². The van der Waals surface area contributed by atoms with Gasteiger partial charge >= 0.3 is 0 Å². The molecule has 3 heteroatoms. The Hall–Kier alpha value is -12.6. The van der Waals surface area contributed by atoms with E-state index in [4.69, 9.17) is 13.3 Å². The van der Waals surface area contributed by atoms with Gasteiger partial charge in [-0.2, -0.15) is 0 Å². The van der Waals surface area contributed by atoms with Crippen LogP contribution in [0.25, 0.3) is 188 Å². The van der Waals surface area contributed by atoms with Gasteiger partial charge in [0.05, 0.1) is 0 Å². The average molecular weight is 1340 g/mol. The second-order valence-corrected chi connectivity index (χ2v) is 29.4. The van der Waals surface area contributed by atoms with Crippen molar-refractivity contribution in [2.75, 3.05) is 0 Å². The van der Waals surface area contributed by atoms with Crippen LogP contribution in [0.4, 0.5) is 0 Å². The Morgan fingerprint density at radius 3 is 1.23 bits per heavy atom. The van der Waals surface area contributed by atoms with Crippen molar-refractivity contribution in [2.45, 2.75) is 58.8 Å². The Morgan fingerprint density at radius 2 is 0.644 bits per heavy atom. The third-order valence-corrected chi connectivity index (χ3v) is 22.2. The minimum atomic E-state index is -0.501. The highest BCUT2D eigenvalue weighted by atomic mass is 16.3. The van der Waals surface area contributed by atoms with E-state index >= 15 is 0 Å². The van der Waals surface area contributed by atoms with E-state index in [0.29, 0.717) is 11.8 Å². The van der Waals surface area contributed by atoms with Crippen LogP contribution in [0.1, 0.15) is 75.6 Å². The topological polar surface area (TPSA) is 39.4 Å². The molecule has 0 aliphatic rings. The number of fused-ring (bicyclic) bond motifs is 11. The largest absolute Gasteiger partial charge is 0.456 e. The summed E-state index contributed by atoms with van der Waals surface area (Å²) in [6, 6.07) is 120. The lowest BCUT2D eigenvalue weighted by atomic mass is 9.72. The second-order valence-electron chi connectivity index (χ2n) is 29.4. The van der Waals surface area contributed by atoms with E-state index in [1.807, 2.05) is 0 Å². The van der Waals surface area contributed by atoms with Gasteiger partial charge in [0, 0.05) is 48.9 Å². The molecular weight excluding hydrogens is 1260 g/mol. The second kappa shape index (κ2) is 24.9. The standard InChI is InChI=1S/C101H74O3/c1-61(2)63-26-28-64(29-27-63)65-30-32-68(33-31-65)73-45-53-95-91(56-73)92-58-76(47-55-96(92)102-95)98-86-21-13-12-20-84(86)89(75-46-54-94-90(57-75)85-50-44-74(59-97(85)103-94)69-36-38-71(39-37-69)79-52-51-78(62(3)4)82-18-10-11-19-83(79)82)60-93(98)101(5,6)77-48-42-67(43-49-77)66-34-40-72(41-35-66)81-23-15-25-88-87-24-14-22-80(99(87)104-100(81)88)70-16-8-7-9-17-70/h7-62H,1-6H3. The molecule has 0 spiro atoms. The Labute approximate surface area is 605 Å². The molecule has 0 bridgehead atoms. The van der Waals surface area contributed by atoms with Crippen molar-refractivity contribution >= 4 is 87.4 Å². The van der Waals surface area contributed by atoms with Crippen molar-refractivity contribution in [3.63, 3.8) is 0 Å². The molecule has 0 saturated carbocycles. The first-order valence-electron chi connectivity index (χ1n) is 36.5. The summed E-state index contributed by atoms with van der Waals surface area (Å²) in [5.41, 5.74) is 30.7. The lowest BCUT2D eigenvalue weighted by molar-refractivity contribution is 0.644. The molecule has 0 atom stereocenters. The van der Waals surface area contributed by atoms with E-state index in [9.17, 15) is 0 Å². The van der Waals surface area contributed by atoms with Gasteiger partial charge in [-0.1, -0.05) is 315 Å². The van der Waals surface area contributed by atoms with E-state index in [1.165, 1.54) is 71.6 Å². The zero-order chi connectivity index (χ0) is 69.9. The van der Waals surface area contributed by atoms with Gasteiger partial charge in [0.2, 0.25) is 0 Å². The Morgan fingerprint density at radius 1 is 0.231 bits per heavy atom. The van der Waals surface area contributed by atoms with Gasteiger partial charge in [-0.3, -0.25) is 0 Å². The minimum Gasteiger partial charge on any atom is -0.456 e. The van der Waals surface area contributed by atoms with Crippen LogP contribution in [-0.2, 0) is 5.41 Å². The van der Waals surface area contributed by atoms with Crippen LogP contribution < -0.4 is 0 Å². The predicted molar refractivity (Wildman–Crippen MR) is 439 cm³/mol. The molecule has 19 aromatic rings. The van der Waals surface area contributed by atoms with Crippen LogP contribution >= 0.6 is 0 Å². The number of furan rings is 3. The van der Waals surface area contributed by atoms with E-state index in [0.717, 1.165) is 138 Å². The number of hydrogen-bond donors (Lipinski definition) is 0. The normalized spacial score (nSPS) is 12.1. The SMILES string of the molecule is CC(C)c1ccc(-c2ccc(-c3ccc4oc5ccc(-c6c(C(C)(C)c7ccc(-c8ccc(-c9cccc%10c9oc9c(-c%11ccccc%11)cccc9%10)cc8)cc7)cc(-c7ccc8oc9cc(-c%10ccc(-c%11ccc(C(C)C)c%12ccccc%11%12)cc%10)ccc9c8c7)c7ccccc67)cc5c4c3)cc2)cc1. The first-order chi connectivity index (χ1) is 50.9. The smallest absolute Gasteiger partial charge is 0.143 e. The Bertz CT molecular complexity index is 6560. The van der Waals surface area contributed by atoms with Crippen molar-refractivity contribution in [1.29, 1.82) is 0 Å². The molecule has 19 rings (SSSR count). The van der Waals surface area contributed by atoms with Gasteiger partial charge < -0.3 is 13.3 Å². The summed E-state index contributed by atoms with van der Waals surface area (Å²) >= 11 is 0. The zero-order valence-electron chi connectivity index (χ0n) is 59.1. The minimum absolute atomic E-state index is 0.444. The van der Waals surface area contributed by atoms with Crippen LogP contribution in [0, 0.1) is 0 Å². The molecule has 104 heavy (non-hydrogen) atoms. The molecule has 0 aliphatic heterocycles. The van der Waals surface area contributed by atoms with Gasteiger partial charge in [-0.25, -0.2) is 0 Å². The van der Waals surface area contributed by atoms with Crippen molar-refractivity contribution in [3.8, 4) is 100 Å². The predicted octanol–water partition coefficient (Wildman–Crippen LogP) is 29.3. The van der Waals surface area contributed by atoms with Crippen molar-refractivity contribution in [2.24, 2.45) is 0 Å². The Balaban J connectivity index is 0.697. The van der Waals surface area contributed by atoms with Crippen LogP contribution in [0.3, 0.4) is 0 Å². The molecule has 16 aromatic carbocycles. The third-order valence-electron chi connectivity index (χ3n) is 22.2. The summed E-state index contributed by atoms with van der Waals surface area (Å²) in [6.07, 6.45) is 0. The molecule has 0 N–H and O–H groups in total. The fraction of sp³-hybridized carbons (Fsp3) is 0.0891. The summed E-state index contributed by atoms with van der Waals surface area (Å²) in [5, 5.41) is 11.5. The fourth-order valence-corrected chi connectivity index (χ4v) is 16.5. The number of para-hydroxylation sites is 2. The summed E-state index contributed by atoms with van der Waals surface area (Å²) in [4.78, 5) is 0. The number of hydrogen-bond acceptors (Lipinski definition) is 3. The highest BCUT2D eigenvalue weighted by Crippen LogP contribution is 2.49. The number of benzene rings is 16. The molecule has 496 valence electrons. The van der Waals surface area contributed by atoms with Gasteiger partial charge in [0.1, 0.15) is 33.5 Å². The first kappa shape index (κ1) is 62.4. The van der Waals surface area contributed by atoms with Gasteiger partial charge in [0.15, 0.2) is 0 Å². The molecule has 0 amide bonds. The van der Waals surface area contributed by atoms with Crippen LogP contribution in [0.5, 0.6) is 0 Å². The van der Waals surface area contributed by atoms with Gasteiger partial charge in [-0.05, 0) is 199 Å². The van der Waals surface area contributed by atoms with Crippen molar-refractivity contribution in [3.05, 3.63) is 350 Å². The summed E-state index contributed by atoms with van der Waals surface area (Å²) in [5.74, 6) is 0.936. The average Bonchev–Trinajstić information content (AvgIpc) is 1.03. The molecule has 0 fully saturated rings. The van der Waals surface area contributed by atoms with Gasteiger partial charge in [0.25, 0.3) is 0 Å². The monoisotopic (exact) mass is 1330 g/mol. The van der Waals surface area contributed by atoms with E-state index in [-0.39, 0.29) is 0 Å². The molecular formula is C101H74O3. The maximum atomic E-state index is 6.85. The van der Waals surface area contributed by atoms with E-state index in [1.54, 1.807) is 0 Å². The maximum absolute atomic E-state index is 6.85. The van der Waals surface area contributed by atoms with Crippen molar-refractivity contribution in [1.82, 2.24) is 0 Å². The summed E-state index contributed by atoms with van der Waals surface area (Å²) in [7, 11) is 0. The molecule has 3 nitrogen and oxygen atoms in total. The summed E-state index contributed by atoms with van der Waals surface area (Å²) < 4.78 is 20.4. The molecule has 3 heterocycles.